The molecular formula is C10H16N2O. The van der Waals surface area contributed by atoms with Gasteiger partial charge in [0.15, 0.2) is 0 Å². The third-order valence-corrected chi connectivity index (χ3v) is 1.90. The summed E-state index contributed by atoms with van der Waals surface area (Å²) in [7, 11) is 0. The predicted molar refractivity (Wildman–Crippen MR) is 54.7 cm³/mol. The normalized spacial score (nSPS) is 10.4. The fourth-order valence-electron chi connectivity index (χ4n) is 1.14. The van der Waals surface area contributed by atoms with Gasteiger partial charge in [-0.05, 0) is 12.1 Å². The van der Waals surface area contributed by atoms with Crippen LogP contribution < -0.4 is 5.43 Å². The molecule has 0 atom stereocenters. The van der Waals surface area contributed by atoms with Gasteiger partial charge in [0.25, 0.3) is 0 Å². The summed E-state index contributed by atoms with van der Waals surface area (Å²) in [6.45, 7) is 6.04. The van der Waals surface area contributed by atoms with Gasteiger partial charge in [-0.1, -0.05) is 19.9 Å². The van der Waals surface area contributed by atoms with Crippen LogP contribution in [-0.2, 0) is 0 Å². The fourth-order valence-corrected chi connectivity index (χ4v) is 1.14. The molecule has 0 amide bonds. The van der Waals surface area contributed by atoms with E-state index in [-0.39, 0.29) is 5.75 Å². The quantitative estimate of drug-likeness (QED) is 0.696. The van der Waals surface area contributed by atoms with Crippen LogP contribution in [0, 0.1) is 0 Å². The van der Waals surface area contributed by atoms with Gasteiger partial charge >= 0.3 is 0 Å². The molecule has 0 aliphatic carbocycles. The fraction of sp³-hybridized carbons (Fsp3) is 0.400. The summed E-state index contributed by atoms with van der Waals surface area (Å²) >= 11 is 0. The summed E-state index contributed by atoms with van der Waals surface area (Å²) in [5, 5.41) is 11.3. The van der Waals surface area contributed by atoms with Gasteiger partial charge in [0.1, 0.15) is 5.75 Å². The van der Waals surface area contributed by atoms with Gasteiger partial charge < -0.3 is 10.5 Å². The molecule has 13 heavy (non-hydrogen) atoms. The van der Waals surface area contributed by atoms with E-state index in [1.165, 1.54) is 0 Å². The molecule has 1 aromatic carbocycles. The topological polar surface area (TPSA) is 35.5 Å². The van der Waals surface area contributed by atoms with Crippen molar-refractivity contribution in [3.63, 3.8) is 0 Å². The largest absolute Gasteiger partial charge is 0.508 e. The van der Waals surface area contributed by atoms with Crippen molar-refractivity contribution in [2.75, 3.05) is 18.5 Å². The van der Waals surface area contributed by atoms with E-state index in [1.54, 1.807) is 12.1 Å². The van der Waals surface area contributed by atoms with E-state index in [4.69, 9.17) is 0 Å². The molecule has 3 nitrogen and oxygen atoms in total. The predicted octanol–water partition coefficient (Wildman–Crippen LogP) is 2.06. The Morgan fingerprint density at radius 3 is 2.54 bits per heavy atom. The molecule has 0 heterocycles. The first-order chi connectivity index (χ1) is 6.26. The van der Waals surface area contributed by atoms with E-state index < -0.39 is 0 Å². The number of aromatic hydroxyl groups is 1. The molecule has 3 heteroatoms. The lowest BCUT2D eigenvalue weighted by Gasteiger charge is -2.20. The van der Waals surface area contributed by atoms with Crippen LogP contribution in [0.1, 0.15) is 13.8 Å². The maximum absolute atomic E-state index is 9.21. The summed E-state index contributed by atoms with van der Waals surface area (Å²) in [5.41, 5.74) is 4.11. The molecule has 0 fully saturated rings. The highest BCUT2D eigenvalue weighted by atomic mass is 16.3. The highest BCUT2D eigenvalue weighted by Gasteiger charge is 1.98. The Morgan fingerprint density at radius 1 is 1.31 bits per heavy atom. The summed E-state index contributed by atoms with van der Waals surface area (Å²) in [4.78, 5) is 0. The molecule has 0 aromatic heterocycles. The molecule has 1 rings (SSSR count). The van der Waals surface area contributed by atoms with E-state index in [9.17, 15) is 5.11 Å². The number of phenols is 1. The van der Waals surface area contributed by atoms with Gasteiger partial charge in [0, 0.05) is 19.2 Å². The highest BCUT2D eigenvalue weighted by molar-refractivity contribution is 5.46. The van der Waals surface area contributed by atoms with Gasteiger partial charge in [-0.2, -0.15) is 0 Å². The van der Waals surface area contributed by atoms with Crippen LogP contribution >= 0.6 is 0 Å². The third kappa shape index (κ3) is 2.95. The minimum absolute atomic E-state index is 0.289. The minimum Gasteiger partial charge on any atom is -0.508 e. The van der Waals surface area contributed by atoms with Crippen molar-refractivity contribution >= 4 is 5.69 Å². The second kappa shape index (κ2) is 4.72. The molecule has 2 N–H and O–H groups in total. The van der Waals surface area contributed by atoms with Gasteiger partial charge in [-0.15, -0.1) is 0 Å². The van der Waals surface area contributed by atoms with E-state index >= 15 is 0 Å². The van der Waals surface area contributed by atoms with Crippen molar-refractivity contribution < 1.29 is 5.11 Å². The lowest BCUT2D eigenvalue weighted by atomic mass is 10.3. The molecule has 0 aliphatic rings. The lowest BCUT2D eigenvalue weighted by Crippen LogP contribution is -2.29. The van der Waals surface area contributed by atoms with E-state index in [1.807, 2.05) is 12.1 Å². The number of phenolic OH excluding ortho intramolecular Hbond substituents is 1. The maximum atomic E-state index is 9.21. The van der Waals surface area contributed by atoms with Crippen molar-refractivity contribution in [1.82, 2.24) is 5.01 Å². The molecule has 0 radical (unpaired) electrons. The van der Waals surface area contributed by atoms with Gasteiger partial charge in [0.05, 0.1) is 5.69 Å². The molecule has 0 saturated carbocycles. The van der Waals surface area contributed by atoms with E-state index in [0.717, 1.165) is 18.8 Å². The molecular weight excluding hydrogens is 164 g/mol. The number of hydrogen-bond acceptors (Lipinski definition) is 3. The minimum atomic E-state index is 0.289. The average Bonchev–Trinajstić information content (AvgIpc) is 2.14. The van der Waals surface area contributed by atoms with Crippen LogP contribution in [0.2, 0.25) is 0 Å². The molecule has 0 saturated heterocycles. The van der Waals surface area contributed by atoms with Gasteiger partial charge in [-0.25, -0.2) is 5.01 Å². The van der Waals surface area contributed by atoms with Crippen LogP contribution in [0.3, 0.4) is 0 Å². The van der Waals surface area contributed by atoms with Gasteiger partial charge in [0.2, 0.25) is 0 Å². The van der Waals surface area contributed by atoms with E-state index in [2.05, 4.69) is 24.3 Å². The van der Waals surface area contributed by atoms with Crippen LogP contribution in [0.25, 0.3) is 0 Å². The van der Waals surface area contributed by atoms with Crippen molar-refractivity contribution in [2.45, 2.75) is 13.8 Å². The molecule has 1 aromatic rings. The van der Waals surface area contributed by atoms with Crippen LogP contribution in [-0.4, -0.2) is 23.2 Å². The first-order valence-electron chi connectivity index (χ1n) is 4.57. The molecule has 0 spiro atoms. The van der Waals surface area contributed by atoms with Crippen molar-refractivity contribution in [3.8, 4) is 5.75 Å². The Bertz CT molecular complexity index is 259. The first-order valence-corrected chi connectivity index (χ1v) is 4.57. The summed E-state index contributed by atoms with van der Waals surface area (Å²) in [6, 6.07) is 7.12. The van der Waals surface area contributed by atoms with Crippen LogP contribution in [0.15, 0.2) is 24.3 Å². The Kier molecular flexibility index (Phi) is 3.58. The summed E-state index contributed by atoms with van der Waals surface area (Å²) < 4.78 is 0. The third-order valence-electron chi connectivity index (χ3n) is 1.90. The second-order valence-electron chi connectivity index (χ2n) is 2.83. The molecule has 0 bridgehead atoms. The van der Waals surface area contributed by atoms with Crippen molar-refractivity contribution in [2.24, 2.45) is 0 Å². The zero-order valence-electron chi connectivity index (χ0n) is 8.12. The van der Waals surface area contributed by atoms with Crippen molar-refractivity contribution in [3.05, 3.63) is 24.3 Å². The number of nitrogens with zero attached hydrogens (tertiary/aromatic N) is 1. The number of hydrogen-bond donors (Lipinski definition) is 2. The number of benzene rings is 1. The molecule has 72 valence electrons. The summed E-state index contributed by atoms with van der Waals surface area (Å²) in [6.07, 6.45) is 0. The summed E-state index contributed by atoms with van der Waals surface area (Å²) in [5.74, 6) is 0.289. The monoisotopic (exact) mass is 180 g/mol. The standard InChI is InChI=1S/C10H16N2O/c1-3-12(4-2)11-9-6-5-7-10(13)8-9/h5-8,11,13H,3-4H2,1-2H3. The zero-order valence-corrected chi connectivity index (χ0v) is 8.12. The number of nitrogens with one attached hydrogen (secondary N) is 1. The van der Waals surface area contributed by atoms with Crippen LogP contribution in [0.4, 0.5) is 5.69 Å². The molecule has 0 aliphatic heterocycles. The van der Waals surface area contributed by atoms with E-state index in [0.29, 0.717) is 0 Å². The Balaban J connectivity index is 2.62. The highest BCUT2D eigenvalue weighted by Crippen LogP contribution is 2.15. The number of hydrazine groups is 1. The maximum Gasteiger partial charge on any atom is 0.117 e. The average molecular weight is 180 g/mol. The second-order valence-corrected chi connectivity index (χ2v) is 2.83. The first kappa shape index (κ1) is 9.86. The smallest absolute Gasteiger partial charge is 0.117 e. The zero-order chi connectivity index (χ0) is 9.68. The molecule has 0 unspecified atom stereocenters. The lowest BCUT2D eigenvalue weighted by molar-refractivity contribution is 0.367. The Hall–Kier alpha value is -1.22. The van der Waals surface area contributed by atoms with Crippen molar-refractivity contribution in [1.29, 1.82) is 0 Å². The van der Waals surface area contributed by atoms with Crippen LogP contribution in [0.5, 0.6) is 5.75 Å². The Labute approximate surface area is 79.0 Å². The number of rotatable bonds is 4. The Morgan fingerprint density at radius 2 is 2.00 bits per heavy atom. The SMILES string of the molecule is CCN(CC)Nc1cccc(O)c1. The number of anilines is 1. The van der Waals surface area contributed by atoms with Gasteiger partial charge in [-0.3, -0.25) is 0 Å².